The number of methoxy groups -OCH3 is 1. The van der Waals surface area contributed by atoms with Crippen molar-refractivity contribution in [2.24, 2.45) is 5.92 Å². The minimum atomic E-state index is -3.49. The van der Waals surface area contributed by atoms with Gasteiger partial charge in [0.2, 0.25) is 0 Å². The zero-order valence-electron chi connectivity index (χ0n) is 16.1. The number of carbonyl (C=O) groups excluding carboxylic acids is 3. The highest BCUT2D eigenvalue weighted by Crippen LogP contribution is 2.16. The normalized spacial score (nSPS) is 13.4. The molecule has 1 aromatic carbocycles. The first-order chi connectivity index (χ1) is 12.5. The van der Waals surface area contributed by atoms with E-state index >= 15 is 0 Å². The summed E-state index contributed by atoms with van der Waals surface area (Å²) in [4.78, 5) is 36.0. The SMILES string of the molecule is CC[C@H](C)[C@@H](NC(=O)COC(=O)c1cc(S(C)(=O)=O)ccc1C)C(=O)OC. The van der Waals surface area contributed by atoms with Crippen LogP contribution in [0.25, 0.3) is 0 Å². The number of amides is 1. The van der Waals surface area contributed by atoms with Crippen LogP contribution in [0.4, 0.5) is 0 Å². The van der Waals surface area contributed by atoms with E-state index in [4.69, 9.17) is 4.74 Å². The summed E-state index contributed by atoms with van der Waals surface area (Å²) in [5.41, 5.74) is 0.567. The van der Waals surface area contributed by atoms with Gasteiger partial charge >= 0.3 is 11.9 Å². The second-order valence-electron chi connectivity index (χ2n) is 6.28. The van der Waals surface area contributed by atoms with Crippen molar-refractivity contribution in [2.45, 2.75) is 38.1 Å². The van der Waals surface area contributed by atoms with Crippen molar-refractivity contribution in [1.82, 2.24) is 5.32 Å². The van der Waals surface area contributed by atoms with Crippen LogP contribution in [0.1, 0.15) is 36.2 Å². The first kappa shape index (κ1) is 22.6. The van der Waals surface area contributed by atoms with E-state index in [0.29, 0.717) is 12.0 Å². The van der Waals surface area contributed by atoms with E-state index in [-0.39, 0.29) is 16.4 Å². The Bertz CT molecular complexity index is 817. The largest absolute Gasteiger partial charge is 0.467 e. The third kappa shape index (κ3) is 6.35. The maximum atomic E-state index is 12.2. The van der Waals surface area contributed by atoms with Gasteiger partial charge in [-0.2, -0.15) is 0 Å². The molecule has 0 aliphatic rings. The van der Waals surface area contributed by atoms with Crippen LogP contribution in [0.5, 0.6) is 0 Å². The Morgan fingerprint density at radius 1 is 1.22 bits per heavy atom. The van der Waals surface area contributed by atoms with Gasteiger partial charge in [0.15, 0.2) is 16.4 Å². The molecule has 0 fully saturated rings. The van der Waals surface area contributed by atoms with Crippen molar-refractivity contribution < 1.29 is 32.3 Å². The second kappa shape index (κ2) is 9.50. The highest BCUT2D eigenvalue weighted by molar-refractivity contribution is 7.90. The van der Waals surface area contributed by atoms with Crippen LogP contribution in [-0.4, -0.2) is 52.3 Å². The molecule has 2 atom stereocenters. The summed E-state index contributed by atoms with van der Waals surface area (Å²) in [5, 5.41) is 2.49. The molecule has 1 aromatic rings. The Hall–Kier alpha value is -2.42. The number of carbonyl (C=O) groups is 3. The number of hydrogen-bond donors (Lipinski definition) is 1. The fourth-order valence-electron chi connectivity index (χ4n) is 2.27. The van der Waals surface area contributed by atoms with Gasteiger partial charge < -0.3 is 14.8 Å². The molecule has 8 nitrogen and oxygen atoms in total. The molecule has 0 radical (unpaired) electrons. The van der Waals surface area contributed by atoms with Crippen molar-refractivity contribution in [3.8, 4) is 0 Å². The van der Waals surface area contributed by atoms with Gasteiger partial charge in [0.25, 0.3) is 5.91 Å². The number of esters is 2. The van der Waals surface area contributed by atoms with Crippen LogP contribution >= 0.6 is 0 Å². The van der Waals surface area contributed by atoms with E-state index in [1.54, 1.807) is 13.8 Å². The summed E-state index contributed by atoms with van der Waals surface area (Å²) in [7, 11) is -2.26. The molecule has 1 N–H and O–H groups in total. The van der Waals surface area contributed by atoms with Crippen LogP contribution < -0.4 is 5.32 Å². The van der Waals surface area contributed by atoms with Crippen LogP contribution in [0.2, 0.25) is 0 Å². The van der Waals surface area contributed by atoms with Gasteiger partial charge in [0, 0.05) is 6.26 Å². The Morgan fingerprint density at radius 2 is 1.85 bits per heavy atom. The number of sulfone groups is 1. The first-order valence-electron chi connectivity index (χ1n) is 8.36. The number of nitrogens with one attached hydrogen (secondary N) is 1. The summed E-state index contributed by atoms with van der Waals surface area (Å²) in [6.45, 7) is 4.67. The van der Waals surface area contributed by atoms with Gasteiger partial charge in [-0.1, -0.05) is 26.3 Å². The van der Waals surface area contributed by atoms with Crippen molar-refractivity contribution >= 4 is 27.7 Å². The number of ether oxygens (including phenoxy) is 2. The van der Waals surface area contributed by atoms with E-state index in [2.05, 4.69) is 10.1 Å². The monoisotopic (exact) mass is 399 g/mol. The Labute approximate surface area is 159 Å². The first-order valence-corrected chi connectivity index (χ1v) is 10.2. The molecular weight excluding hydrogens is 374 g/mol. The minimum Gasteiger partial charge on any atom is -0.467 e. The number of aryl methyl sites for hydroxylation is 1. The fourth-order valence-corrected chi connectivity index (χ4v) is 2.92. The maximum absolute atomic E-state index is 12.2. The summed E-state index contributed by atoms with van der Waals surface area (Å²) in [5.74, 6) is -2.23. The Kier molecular flexibility index (Phi) is 7.96. The number of rotatable bonds is 8. The summed E-state index contributed by atoms with van der Waals surface area (Å²) in [6, 6.07) is 3.24. The highest BCUT2D eigenvalue weighted by atomic mass is 32.2. The van der Waals surface area contributed by atoms with E-state index in [1.165, 1.54) is 25.3 Å². The lowest BCUT2D eigenvalue weighted by Crippen LogP contribution is -2.47. The van der Waals surface area contributed by atoms with Gasteiger partial charge in [-0.05, 0) is 30.5 Å². The topological polar surface area (TPSA) is 116 Å². The molecule has 1 rings (SSSR count). The molecule has 0 saturated heterocycles. The van der Waals surface area contributed by atoms with E-state index in [9.17, 15) is 22.8 Å². The summed E-state index contributed by atoms with van der Waals surface area (Å²) >= 11 is 0. The zero-order chi connectivity index (χ0) is 20.8. The van der Waals surface area contributed by atoms with Crippen LogP contribution in [-0.2, 0) is 28.9 Å². The lowest BCUT2D eigenvalue weighted by atomic mass is 9.99. The molecule has 0 spiro atoms. The molecule has 150 valence electrons. The van der Waals surface area contributed by atoms with Crippen molar-refractivity contribution in [3.05, 3.63) is 29.3 Å². The van der Waals surface area contributed by atoms with E-state index in [0.717, 1.165) is 6.26 Å². The molecule has 0 unspecified atom stereocenters. The molecule has 0 aromatic heterocycles. The molecule has 1 amide bonds. The minimum absolute atomic E-state index is 0.0213. The fraction of sp³-hybridized carbons (Fsp3) is 0.500. The van der Waals surface area contributed by atoms with Crippen molar-refractivity contribution in [1.29, 1.82) is 0 Å². The van der Waals surface area contributed by atoms with Gasteiger partial charge in [-0.3, -0.25) is 4.79 Å². The lowest BCUT2D eigenvalue weighted by Gasteiger charge is -2.21. The van der Waals surface area contributed by atoms with E-state index < -0.39 is 40.3 Å². The zero-order valence-corrected chi connectivity index (χ0v) is 16.9. The second-order valence-corrected chi connectivity index (χ2v) is 8.29. The molecule has 0 saturated carbocycles. The van der Waals surface area contributed by atoms with Gasteiger partial charge in [-0.15, -0.1) is 0 Å². The van der Waals surface area contributed by atoms with Crippen molar-refractivity contribution in [3.63, 3.8) is 0 Å². The van der Waals surface area contributed by atoms with Crippen LogP contribution in [0.15, 0.2) is 23.1 Å². The quantitative estimate of drug-likeness (QED) is 0.654. The molecule has 0 aliphatic heterocycles. The molecular formula is C18H25NO7S. The predicted octanol–water partition coefficient (Wildman–Crippen LogP) is 1.26. The standard InChI is InChI=1S/C18H25NO7S/c1-6-11(2)16(18(22)25-4)19-15(20)10-26-17(21)14-9-13(27(5,23)24)8-7-12(14)3/h7-9,11,16H,6,10H2,1-5H3,(H,19,20)/t11-,16+/m0/s1. The maximum Gasteiger partial charge on any atom is 0.338 e. The third-order valence-corrected chi connectivity index (χ3v) is 5.29. The summed E-state index contributed by atoms with van der Waals surface area (Å²) < 4.78 is 32.9. The molecule has 0 bridgehead atoms. The van der Waals surface area contributed by atoms with Gasteiger partial charge in [-0.25, -0.2) is 18.0 Å². The van der Waals surface area contributed by atoms with Crippen molar-refractivity contribution in [2.75, 3.05) is 20.0 Å². The number of benzene rings is 1. The number of hydrogen-bond acceptors (Lipinski definition) is 7. The van der Waals surface area contributed by atoms with E-state index in [1.807, 2.05) is 6.92 Å². The molecule has 0 aliphatic carbocycles. The van der Waals surface area contributed by atoms with Gasteiger partial charge in [0.05, 0.1) is 17.6 Å². The highest BCUT2D eigenvalue weighted by Gasteiger charge is 2.27. The molecule has 27 heavy (non-hydrogen) atoms. The molecule has 9 heteroatoms. The summed E-state index contributed by atoms with van der Waals surface area (Å²) in [6.07, 6.45) is 1.67. The van der Waals surface area contributed by atoms with Crippen LogP contribution in [0.3, 0.4) is 0 Å². The molecule has 0 heterocycles. The predicted molar refractivity (Wildman–Crippen MR) is 98.0 cm³/mol. The lowest BCUT2D eigenvalue weighted by molar-refractivity contribution is -0.147. The average Bonchev–Trinajstić information content (AvgIpc) is 2.62. The third-order valence-electron chi connectivity index (χ3n) is 4.18. The Morgan fingerprint density at radius 3 is 2.37 bits per heavy atom. The van der Waals surface area contributed by atoms with Gasteiger partial charge in [0.1, 0.15) is 6.04 Å². The average molecular weight is 399 g/mol. The van der Waals surface area contributed by atoms with Crippen LogP contribution in [0, 0.1) is 12.8 Å². The smallest absolute Gasteiger partial charge is 0.338 e. The Balaban J connectivity index is 2.82.